The van der Waals surface area contributed by atoms with Crippen LogP contribution in [0, 0.1) is 23.0 Å². The van der Waals surface area contributed by atoms with E-state index in [2.05, 4.69) is 0 Å². The number of nitro benzene ring substituents is 1. The van der Waals surface area contributed by atoms with Crippen molar-refractivity contribution in [1.82, 2.24) is 4.31 Å². The molecule has 0 atom stereocenters. The summed E-state index contributed by atoms with van der Waals surface area (Å²) in [5, 5.41) is 19.4. The number of sulfonamides is 1. The third-order valence-corrected chi connectivity index (χ3v) is 5.36. The number of benzene rings is 1. The molecule has 0 aromatic heterocycles. The maximum atomic E-state index is 12.4. The lowest BCUT2D eigenvalue weighted by Gasteiger charge is -2.37. The first-order valence-electron chi connectivity index (χ1n) is 6.19. The molecule has 0 amide bonds. The Kier molecular flexibility index (Phi) is 3.97. The highest BCUT2D eigenvalue weighted by Gasteiger charge is 2.38. The van der Waals surface area contributed by atoms with Gasteiger partial charge in [0, 0.05) is 25.2 Å². The zero-order valence-corrected chi connectivity index (χ0v) is 12.0. The van der Waals surface area contributed by atoms with Gasteiger partial charge in [0.2, 0.25) is 10.0 Å². The van der Waals surface area contributed by atoms with Crippen molar-refractivity contribution >= 4 is 21.7 Å². The Hall–Kier alpha value is -2.00. The zero-order valence-electron chi connectivity index (χ0n) is 11.2. The average Bonchev–Trinajstić information content (AvgIpc) is 2.32. The minimum absolute atomic E-state index is 0.0834. The lowest BCUT2D eigenvalue weighted by molar-refractivity contribution is -0.385. The second-order valence-corrected chi connectivity index (χ2v) is 6.90. The SMILES string of the molecule is Cc1ccc([N+](=O)[O-])cc1S(=O)(=O)N1CC(CC(=O)O)C1. The van der Waals surface area contributed by atoms with Crippen LogP contribution in [0.15, 0.2) is 23.1 Å². The molecule has 0 bridgehead atoms. The summed E-state index contributed by atoms with van der Waals surface area (Å²) in [6.07, 6.45) is -0.0834. The summed E-state index contributed by atoms with van der Waals surface area (Å²) in [6.45, 7) is 1.80. The van der Waals surface area contributed by atoms with Crippen LogP contribution in [0.4, 0.5) is 5.69 Å². The van der Waals surface area contributed by atoms with Gasteiger partial charge < -0.3 is 5.11 Å². The predicted octanol–water partition coefficient (Wildman–Crippen LogP) is 0.998. The van der Waals surface area contributed by atoms with Crippen LogP contribution in [0.2, 0.25) is 0 Å². The number of hydrogen-bond acceptors (Lipinski definition) is 5. The topological polar surface area (TPSA) is 118 Å². The fourth-order valence-electron chi connectivity index (χ4n) is 2.21. The summed E-state index contributed by atoms with van der Waals surface area (Å²) < 4.78 is 25.9. The highest BCUT2D eigenvalue weighted by atomic mass is 32.2. The summed E-state index contributed by atoms with van der Waals surface area (Å²) >= 11 is 0. The Labute approximate surface area is 121 Å². The van der Waals surface area contributed by atoms with Crippen LogP contribution in [0.3, 0.4) is 0 Å². The summed E-state index contributed by atoms with van der Waals surface area (Å²) in [4.78, 5) is 20.6. The van der Waals surface area contributed by atoms with Crippen molar-refractivity contribution in [3.63, 3.8) is 0 Å². The van der Waals surface area contributed by atoms with Gasteiger partial charge in [0.1, 0.15) is 0 Å². The zero-order chi connectivity index (χ0) is 15.8. The summed E-state index contributed by atoms with van der Waals surface area (Å²) in [5.74, 6) is -1.18. The Morgan fingerprint density at radius 1 is 1.48 bits per heavy atom. The second kappa shape index (κ2) is 5.41. The van der Waals surface area contributed by atoms with Crippen LogP contribution in [0.1, 0.15) is 12.0 Å². The van der Waals surface area contributed by atoms with E-state index < -0.39 is 20.9 Å². The van der Waals surface area contributed by atoms with Gasteiger partial charge in [0.25, 0.3) is 5.69 Å². The first-order valence-corrected chi connectivity index (χ1v) is 7.63. The Morgan fingerprint density at radius 2 is 2.10 bits per heavy atom. The molecule has 0 aliphatic carbocycles. The van der Waals surface area contributed by atoms with Gasteiger partial charge in [-0.05, 0) is 18.4 Å². The quantitative estimate of drug-likeness (QED) is 0.640. The van der Waals surface area contributed by atoms with Crippen molar-refractivity contribution in [3.8, 4) is 0 Å². The molecule has 1 N–H and O–H groups in total. The number of aryl methyl sites for hydroxylation is 1. The summed E-state index contributed by atoms with van der Waals surface area (Å²) in [6, 6.07) is 3.67. The lowest BCUT2D eigenvalue weighted by Crippen LogP contribution is -2.50. The number of nitrogens with zero attached hydrogens (tertiary/aromatic N) is 2. The van der Waals surface area contributed by atoms with Crippen LogP contribution in [-0.2, 0) is 14.8 Å². The van der Waals surface area contributed by atoms with Crippen molar-refractivity contribution in [3.05, 3.63) is 33.9 Å². The standard InChI is InChI=1S/C12H14N2O6S/c1-8-2-3-10(14(17)18)5-11(8)21(19,20)13-6-9(7-13)4-12(15)16/h2-3,5,9H,4,6-7H2,1H3,(H,15,16). The fraction of sp³-hybridized carbons (Fsp3) is 0.417. The van der Waals surface area contributed by atoms with Crippen molar-refractivity contribution < 1.29 is 23.2 Å². The number of nitro groups is 1. The van der Waals surface area contributed by atoms with Crippen LogP contribution in [0.25, 0.3) is 0 Å². The summed E-state index contributed by atoms with van der Waals surface area (Å²) in [5.41, 5.74) is 0.129. The molecular weight excluding hydrogens is 300 g/mol. The number of rotatable bonds is 5. The molecule has 0 unspecified atom stereocenters. The molecule has 1 aliphatic rings. The number of aliphatic carboxylic acids is 1. The van der Waals surface area contributed by atoms with Crippen LogP contribution >= 0.6 is 0 Å². The van der Waals surface area contributed by atoms with Crippen LogP contribution in [0.5, 0.6) is 0 Å². The minimum atomic E-state index is -3.82. The predicted molar refractivity (Wildman–Crippen MR) is 72.3 cm³/mol. The second-order valence-electron chi connectivity index (χ2n) is 4.99. The fourth-order valence-corrected chi connectivity index (χ4v) is 4.05. The van der Waals surface area contributed by atoms with Gasteiger partial charge in [0.15, 0.2) is 0 Å². The number of non-ortho nitro benzene ring substituents is 1. The lowest BCUT2D eigenvalue weighted by atomic mass is 10.00. The molecule has 114 valence electrons. The van der Waals surface area contributed by atoms with E-state index in [1.54, 1.807) is 6.92 Å². The van der Waals surface area contributed by atoms with Crippen molar-refractivity contribution in [2.45, 2.75) is 18.2 Å². The minimum Gasteiger partial charge on any atom is -0.481 e. The molecule has 0 saturated carbocycles. The van der Waals surface area contributed by atoms with Gasteiger partial charge >= 0.3 is 5.97 Å². The molecule has 1 saturated heterocycles. The smallest absolute Gasteiger partial charge is 0.303 e. The maximum Gasteiger partial charge on any atom is 0.303 e. The number of hydrogen-bond donors (Lipinski definition) is 1. The Morgan fingerprint density at radius 3 is 2.62 bits per heavy atom. The molecule has 1 aliphatic heterocycles. The monoisotopic (exact) mass is 314 g/mol. The van der Waals surface area contributed by atoms with Crippen molar-refractivity contribution in [1.29, 1.82) is 0 Å². The first kappa shape index (κ1) is 15.4. The van der Waals surface area contributed by atoms with E-state index in [1.807, 2.05) is 0 Å². The molecule has 0 radical (unpaired) electrons. The molecule has 1 aromatic rings. The van der Waals surface area contributed by atoms with E-state index in [0.717, 1.165) is 10.4 Å². The van der Waals surface area contributed by atoms with Crippen molar-refractivity contribution in [2.75, 3.05) is 13.1 Å². The first-order chi connectivity index (χ1) is 9.71. The molecular formula is C12H14N2O6S. The number of carboxylic acids is 1. The molecule has 2 rings (SSSR count). The van der Waals surface area contributed by atoms with Crippen LogP contribution < -0.4 is 0 Å². The van der Waals surface area contributed by atoms with E-state index >= 15 is 0 Å². The molecule has 0 spiro atoms. The third kappa shape index (κ3) is 3.03. The van der Waals surface area contributed by atoms with E-state index in [1.165, 1.54) is 12.1 Å². The molecule has 1 heterocycles. The van der Waals surface area contributed by atoms with Crippen molar-refractivity contribution in [2.24, 2.45) is 5.92 Å². The number of carboxylic acid groups (broad SMARTS) is 1. The van der Waals surface area contributed by atoms with Crippen LogP contribution in [-0.4, -0.2) is 41.8 Å². The van der Waals surface area contributed by atoms with Gasteiger partial charge in [0.05, 0.1) is 16.2 Å². The number of carbonyl (C=O) groups is 1. The highest BCUT2D eigenvalue weighted by molar-refractivity contribution is 7.89. The normalized spacial score (nSPS) is 16.4. The van der Waals surface area contributed by atoms with E-state index in [-0.39, 0.29) is 36.0 Å². The molecule has 1 fully saturated rings. The molecule has 21 heavy (non-hydrogen) atoms. The van der Waals surface area contributed by atoms with Gasteiger partial charge in [-0.2, -0.15) is 4.31 Å². The molecule has 8 nitrogen and oxygen atoms in total. The summed E-state index contributed by atoms with van der Waals surface area (Å²) in [7, 11) is -3.82. The van der Waals surface area contributed by atoms with E-state index in [4.69, 9.17) is 5.11 Å². The highest BCUT2D eigenvalue weighted by Crippen LogP contribution is 2.30. The van der Waals surface area contributed by atoms with Gasteiger partial charge in [-0.15, -0.1) is 0 Å². The van der Waals surface area contributed by atoms with Gasteiger partial charge in [-0.1, -0.05) is 6.07 Å². The average molecular weight is 314 g/mol. The van der Waals surface area contributed by atoms with E-state index in [0.29, 0.717) is 5.56 Å². The Bertz CT molecular complexity index is 694. The van der Waals surface area contributed by atoms with Gasteiger partial charge in [-0.25, -0.2) is 8.42 Å². The van der Waals surface area contributed by atoms with Gasteiger partial charge in [-0.3, -0.25) is 14.9 Å². The third-order valence-electron chi connectivity index (χ3n) is 3.39. The molecule has 1 aromatic carbocycles. The largest absolute Gasteiger partial charge is 0.481 e. The maximum absolute atomic E-state index is 12.4. The molecule has 9 heteroatoms. The Balaban J connectivity index is 2.23. The van der Waals surface area contributed by atoms with E-state index in [9.17, 15) is 23.3 Å².